The van der Waals surface area contributed by atoms with Crippen LogP contribution in [0.3, 0.4) is 0 Å². The molecule has 0 aliphatic rings. The zero-order valence-corrected chi connectivity index (χ0v) is 13.0. The van der Waals surface area contributed by atoms with Gasteiger partial charge in [0.25, 0.3) is 0 Å². The van der Waals surface area contributed by atoms with Crippen molar-refractivity contribution in [3.05, 3.63) is 51.6 Å². The van der Waals surface area contributed by atoms with Gasteiger partial charge in [0.05, 0.1) is 25.1 Å². The summed E-state index contributed by atoms with van der Waals surface area (Å²) in [5.41, 5.74) is -0.729. The van der Waals surface area contributed by atoms with Crippen LogP contribution in [0.15, 0.2) is 23.0 Å². The number of hydrogen-bond acceptors (Lipinski definition) is 5. The molecule has 1 N–H and O–H groups in total. The van der Waals surface area contributed by atoms with Gasteiger partial charge >= 0.3 is 11.7 Å². The van der Waals surface area contributed by atoms with Gasteiger partial charge in [-0.25, -0.2) is 18.4 Å². The summed E-state index contributed by atoms with van der Waals surface area (Å²) in [5, 5.41) is 0. The summed E-state index contributed by atoms with van der Waals surface area (Å²) in [6.45, 7) is -0.0845. The van der Waals surface area contributed by atoms with Crippen molar-refractivity contribution in [3.8, 4) is 11.3 Å². The Balaban J connectivity index is 0.00000264. The quantitative estimate of drug-likeness (QED) is 0.857. The molecule has 0 saturated heterocycles. The van der Waals surface area contributed by atoms with Crippen molar-refractivity contribution >= 4 is 18.4 Å². The third kappa shape index (κ3) is 3.91. The molecule has 0 saturated carbocycles. The van der Waals surface area contributed by atoms with Gasteiger partial charge in [0.1, 0.15) is 5.56 Å². The number of ether oxygens (including phenoxy) is 2. The Morgan fingerprint density at radius 2 is 1.96 bits per heavy atom. The maximum Gasteiger partial charge on any atom is 0.345 e. The minimum atomic E-state index is -1.12. The maximum atomic E-state index is 13.4. The molecule has 1 heterocycles. The first-order valence-corrected chi connectivity index (χ1v) is 6.13. The molecule has 0 radical (unpaired) electrons. The Labute approximate surface area is 135 Å². The van der Waals surface area contributed by atoms with Crippen molar-refractivity contribution in [2.75, 3.05) is 14.2 Å². The van der Waals surface area contributed by atoms with Gasteiger partial charge in [-0.1, -0.05) is 0 Å². The fourth-order valence-corrected chi connectivity index (χ4v) is 1.95. The molecule has 9 heteroatoms. The van der Waals surface area contributed by atoms with E-state index in [1.54, 1.807) is 0 Å². The number of nitrogens with one attached hydrogen (secondary N) is 1. The zero-order valence-electron chi connectivity index (χ0n) is 12.2. The molecule has 0 fully saturated rings. The van der Waals surface area contributed by atoms with Crippen LogP contribution in [0.1, 0.15) is 16.1 Å². The summed E-state index contributed by atoms with van der Waals surface area (Å²) < 4.78 is 36.0. The molecule has 0 unspecified atom stereocenters. The van der Waals surface area contributed by atoms with Crippen LogP contribution in [0.25, 0.3) is 11.3 Å². The molecule has 2 aromatic rings. The molecule has 0 spiro atoms. The number of aromatic amines is 1. The van der Waals surface area contributed by atoms with E-state index in [9.17, 15) is 18.4 Å². The highest BCUT2D eigenvalue weighted by Gasteiger charge is 2.22. The topological polar surface area (TPSA) is 81.3 Å². The lowest BCUT2D eigenvalue weighted by atomic mass is 10.0. The number of aromatic nitrogens is 2. The predicted octanol–water partition coefficient (Wildman–Crippen LogP) is 2.07. The van der Waals surface area contributed by atoms with Crippen LogP contribution in [-0.4, -0.2) is 30.2 Å². The SMILES string of the molecule is COCc1[nH]c(=O)nc(-c2ccc(F)c(F)c2)c1C(=O)OC.Cl. The number of rotatable bonds is 4. The van der Waals surface area contributed by atoms with Crippen LogP contribution in [0.2, 0.25) is 0 Å². The summed E-state index contributed by atoms with van der Waals surface area (Å²) in [6, 6.07) is 2.94. The lowest BCUT2D eigenvalue weighted by Gasteiger charge is -2.11. The summed E-state index contributed by atoms with van der Waals surface area (Å²) >= 11 is 0. The summed E-state index contributed by atoms with van der Waals surface area (Å²) in [5.74, 6) is -2.95. The second-order valence-corrected chi connectivity index (χ2v) is 4.30. The number of H-pyrrole nitrogens is 1. The molecule has 0 aliphatic carbocycles. The smallest absolute Gasteiger partial charge is 0.345 e. The van der Waals surface area contributed by atoms with Crippen molar-refractivity contribution in [3.63, 3.8) is 0 Å². The maximum absolute atomic E-state index is 13.4. The molecule has 0 amide bonds. The van der Waals surface area contributed by atoms with E-state index < -0.39 is 23.3 Å². The van der Waals surface area contributed by atoms with Crippen LogP contribution < -0.4 is 5.69 Å². The molecule has 6 nitrogen and oxygen atoms in total. The summed E-state index contributed by atoms with van der Waals surface area (Å²) in [7, 11) is 2.52. The van der Waals surface area contributed by atoms with E-state index in [2.05, 4.69) is 14.7 Å². The van der Waals surface area contributed by atoms with E-state index in [0.717, 1.165) is 19.2 Å². The van der Waals surface area contributed by atoms with Crippen molar-refractivity contribution in [1.82, 2.24) is 9.97 Å². The Bertz CT molecular complexity index is 780. The summed E-state index contributed by atoms with van der Waals surface area (Å²) in [6.07, 6.45) is 0. The highest BCUT2D eigenvalue weighted by Crippen LogP contribution is 2.25. The average Bonchev–Trinajstić information content (AvgIpc) is 2.49. The van der Waals surface area contributed by atoms with Crippen molar-refractivity contribution in [2.45, 2.75) is 6.61 Å². The Morgan fingerprint density at radius 3 is 2.52 bits per heavy atom. The first-order chi connectivity index (χ1) is 10.5. The number of benzene rings is 1. The average molecular weight is 347 g/mol. The standard InChI is InChI=1S/C14H12F2N2O4.ClH/c1-21-6-10-11(13(19)22-2)12(18-14(20)17-10)7-3-4-8(15)9(16)5-7;/h3-5H,6H2,1-2H3,(H,17,18,20);1H. The second-order valence-electron chi connectivity index (χ2n) is 4.30. The largest absolute Gasteiger partial charge is 0.465 e. The second kappa shape index (κ2) is 7.80. The number of halogens is 3. The molecular weight excluding hydrogens is 334 g/mol. The van der Waals surface area contributed by atoms with Crippen molar-refractivity contribution < 1.29 is 23.0 Å². The third-order valence-electron chi connectivity index (χ3n) is 2.88. The molecule has 1 aromatic heterocycles. The molecule has 0 atom stereocenters. The van der Waals surface area contributed by atoms with Gasteiger partial charge in [-0.3, -0.25) is 0 Å². The van der Waals surface area contributed by atoms with Crippen LogP contribution >= 0.6 is 12.4 Å². The molecule has 23 heavy (non-hydrogen) atoms. The molecule has 0 bridgehead atoms. The lowest BCUT2D eigenvalue weighted by Crippen LogP contribution is -2.21. The first kappa shape index (κ1) is 18.7. The highest BCUT2D eigenvalue weighted by molar-refractivity contribution is 5.97. The summed E-state index contributed by atoms with van der Waals surface area (Å²) in [4.78, 5) is 29.6. The fourth-order valence-electron chi connectivity index (χ4n) is 1.95. The minimum Gasteiger partial charge on any atom is -0.465 e. The molecule has 1 aromatic carbocycles. The van der Waals surface area contributed by atoms with E-state index in [1.165, 1.54) is 13.2 Å². The highest BCUT2D eigenvalue weighted by atomic mass is 35.5. The predicted molar refractivity (Wildman–Crippen MR) is 79.5 cm³/mol. The van der Waals surface area contributed by atoms with Gasteiger partial charge < -0.3 is 14.5 Å². The van der Waals surface area contributed by atoms with Gasteiger partial charge in [-0.2, -0.15) is 4.98 Å². The van der Waals surface area contributed by atoms with Crippen LogP contribution in [0.5, 0.6) is 0 Å². The fraction of sp³-hybridized carbons (Fsp3) is 0.214. The molecule has 124 valence electrons. The Kier molecular flexibility index (Phi) is 6.35. The van der Waals surface area contributed by atoms with Gasteiger partial charge in [0.15, 0.2) is 11.6 Å². The normalized spacial score (nSPS) is 10.1. The number of methoxy groups -OCH3 is 2. The Hall–Kier alpha value is -2.32. The molecule has 0 aliphatic heterocycles. The van der Waals surface area contributed by atoms with E-state index in [0.29, 0.717) is 0 Å². The van der Waals surface area contributed by atoms with Crippen molar-refractivity contribution in [1.29, 1.82) is 0 Å². The third-order valence-corrected chi connectivity index (χ3v) is 2.88. The molecular formula is C14H13ClF2N2O4. The van der Waals surface area contributed by atoms with Crippen LogP contribution in [0, 0.1) is 11.6 Å². The van der Waals surface area contributed by atoms with E-state index in [-0.39, 0.29) is 41.5 Å². The van der Waals surface area contributed by atoms with Gasteiger partial charge in [0, 0.05) is 12.7 Å². The zero-order chi connectivity index (χ0) is 16.3. The van der Waals surface area contributed by atoms with E-state index >= 15 is 0 Å². The van der Waals surface area contributed by atoms with Gasteiger partial charge in [-0.05, 0) is 18.2 Å². The number of nitrogens with zero attached hydrogens (tertiary/aromatic N) is 1. The van der Waals surface area contributed by atoms with Crippen LogP contribution in [-0.2, 0) is 16.1 Å². The number of carbonyl (C=O) groups excluding carboxylic acids is 1. The van der Waals surface area contributed by atoms with E-state index in [1.807, 2.05) is 0 Å². The number of esters is 1. The van der Waals surface area contributed by atoms with Gasteiger partial charge in [0.2, 0.25) is 0 Å². The minimum absolute atomic E-state index is 0. The molecule has 2 rings (SSSR count). The monoisotopic (exact) mass is 346 g/mol. The van der Waals surface area contributed by atoms with Crippen molar-refractivity contribution in [2.24, 2.45) is 0 Å². The number of carbonyl (C=O) groups is 1. The van der Waals surface area contributed by atoms with Crippen LogP contribution in [0.4, 0.5) is 8.78 Å². The van der Waals surface area contributed by atoms with Gasteiger partial charge in [-0.15, -0.1) is 12.4 Å². The van der Waals surface area contributed by atoms with E-state index in [4.69, 9.17) is 4.74 Å². The first-order valence-electron chi connectivity index (χ1n) is 6.13. The Morgan fingerprint density at radius 1 is 1.26 bits per heavy atom. The number of hydrogen-bond donors (Lipinski definition) is 1. The lowest BCUT2D eigenvalue weighted by molar-refractivity contribution is 0.0595.